The standard InChI is InChI=1S/C18H34N4O.HI/c19-17(20-13-16-5-4-6-16)21-14-18(7-2-1-3-8-18)15-22-9-11-23-12-10-22;/h16H,1-15H2,(H3,19,20,21);1H. The quantitative estimate of drug-likeness (QED) is 0.371. The van der Waals surface area contributed by atoms with Gasteiger partial charge in [-0.1, -0.05) is 25.7 Å². The summed E-state index contributed by atoms with van der Waals surface area (Å²) in [5.74, 6) is 1.48. The molecule has 0 radical (unpaired) electrons. The molecule has 0 aromatic heterocycles. The van der Waals surface area contributed by atoms with Crippen molar-refractivity contribution in [2.24, 2.45) is 22.1 Å². The molecule has 2 aliphatic carbocycles. The van der Waals surface area contributed by atoms with Crippen LogP contribution in [0.4, 0.5) is 0 Å². The number of nitrogens with zero attached hydrogens (tertiary/aromatic N) is 2. The Morgan fingerprint density at radius 2 is 1.83 bits per heavy atom. The number of morpholine rings is 1. The highest BCUT2D eigenvalue weighted by atomic mass is 127. The minimum absolute atomic E-state index is 0. The highest BCUT2D eigenvalue weighted by molar-refractivity contribution is 14.0. The lowest BCUT2D eigenvalue weighted by molar-refractivity contribution is 0.00938. The summed E-state index contributed by atoms with van der Waals surface area (Å²) in [5, 5.41) is 3.34. The third-order valence-electron chi connectivity index (χ3n) is 5.96. The predicted octanol–water partition coefficient (Wildman–Crippen LogP) is 2.59. The molecule has 0 unspecified atom stereocenters. The summed E-state index contributed by atoms with van der Waals surface area (Å²) in [7, 11) is 0. The third kappa shape index (κ3) is 6.02. The van der Waals surface area contributed by atoms with Gasteiger partial charge in [-0.25, -0.2) is 0 Å². The maximum Gasteiger partial charge on any atom is 0.188 e. The number of rotatable bonds is 6. The molecule has 3 fully saturated rings. The van der Waals surface area contributed by atoms with Crippen LogP contribution in [0.25, 0.3) is 0 Å². The molecule has 0 spiro atoms. The van der Waals surface area contributed by atoms with Gasteiger partial charge < -0.3 is 15.8 Å². The minimum Gasteiger partial charge on any atom is -0.379 e. The highest BCUT2D eigenvalue weighted by Gasteiger charge is 2.34. The summed E-state index contributed by atoms with van der Waals surface area (Å²) >= 11 is 0. The second kappa shape index (κ2) is 10.2. The molecule has 3 N–H and O–H groups in total. The van der Waals surface area contributed by atoms with E-state index in [0.29, 0.717) is 11.4 Å². The van der Waals surface area contributed by atoms with E-state index in [1.165, 1.54) is 51.4 Å². The predicted molar refractivity (Wildman–Crippen MR) is 110 cm³/mol. The van der Waals surface area contributed by atoms with E-state index in [0.717, 1.165) is 51.9 Å². The fourth-order valence-corrected chi connectivity index (χ4v) is 4.16. The maximum absolute atomic E-state index is 6.12. The van der Waals surface area contributed by atoms with Crippen molar-refractivity contribution in [3.05, 3.63) is 0 Å². The lowest BCUT2D eigenvalue weighted by Gasteiger charge is -2.41. The van der Waals surface area contributed by atoms with Crippen LogP contribution in [0.2, 0.25) is 0 Å². The van der Waals surface area contributed by atoms with E-state index in [-0.39, 0.29) is 24.0 Å². The van der Waals surface area contributed by atoms with Crippen molar-refractivity contribution in [2.75, 3.05) is 45.9 Å². The topological polar surface area (TPSA) is 62.9 Å². The van der Waals surface area contributed by atoms with Crippen molar-refractivity contribution in [1.29, 1.82) is 0 Å². The van der Waals surface area contributed by atoms with Crippen molar-refractivity contribution < 1.29 is 4.74 Å². The average Bonchev–Trinajstić information content (AvgIpc) is 2.53. The lowest BCUT2D eigenvalue weighted by Crippen LogP contribution is -2.46. The summed E-state index contributed by atoms with van der Waals surface area (Å²) < 4.78 is 5.49. The summed E-state index contributed by atoms with van der Waals surface area (Å²) in [4.78, 5) is 7.31. The van der Waals surface area contributed by atoms with Gasteiger partial charge in [-0.05, 0) is 31.6 Å². The van der Waals surface area contributed by atoms with Crippen molar-refractivity contribution in [3.63, 3.8) is 0 Å². The van der Waals surface area contributed by atoms with Gasteiger partial charge >= 0.3 is 0 Å². The normalized spacial score (nSPS) is 25.6. The van der Waals surface area contributed by atoms with Crippen LogP contribution < -0.4 is 11.1 Å². The summed E-state index contributed by atoms with van der Waals surface area (Å²) in [6.07, 6.45) is 10.7. The van der Waals surface area contributed by atoms with Gasteiger partial charge in [-0.2, -0.15) is 0 Å². The van der Waals surface area contributed by atoms with Gasteiger partial charge in [0.25, 0.3) is 0 Å². The Balaban J connectivity index is 0.00000208. The molecule has 3 aliphatic rings. The zero-order valence-electron chi connectivity index (χ0n) is 15.0. The van der Waals surface area contributed by atoms with Gasteiger partial charge in [-0.15, -0.1) is 24.0 Å². The molecule has 0 aromatic rings. The van der Waals surface area contributed by atoms with E-state index in [4.69, 9.17) is 15.5 Å². The first-order chi connectivity index (χ1) is 11.3. The molecular formula is C18H35IN4O. The van der Waals surface area contributed by atoms with Gasteiger partial charge in [0.15, 0.2) is 5.96 Å². The van der Waals surface area contributed by atoms with Crippen LogP contribution in [0, 0.1) is 11.3 Å². The van der Waals surface area contributed by atoms with Crippen LogP contribution in [0.3, 0.4) is 0 Å². The molecule has 140 valence electrons. The monoisotopic (exact) mass is 450 g/mol. The molecule has 5 nitrogen and oxygen atoms in total. The van der Waals surface area contributed by atoms with E-state index >= 15 is 0 Å². The number of guanidine groups is 1. The number of nitrogens with two attached hydrogens (primary N) is 1. The molecule has 1 saturated heterocycles. The molecule has 1 heterocycles. The molecule has 0 aromatic carbocycles. The zero-order chi connectivity index (χ0) is 16.0. The van der Waals surface area contributed by atoms with Crippen molar-refractivity contribution in [2.45, 2.75) is 51.4 Å². The first-order valence-corrected chi connectivity index (χ1v) is 9.60. The Morgan fingerprint density at radius 1 is 1.12 bits per heavy atom. The van der Waals surface area contributed by atoms with Gasteiger partial charge in [0, 0.05) is 38.1 Å². The molecule has 0 amide bonds. The smallest absolute Gasteiger partial charge is 0.188 e. The molecule has 6 heteroatoms. The van der Waals surface area contributed by atoms with E-state index in [9.17, 15) is 0 Å². The van der Waals surface area contributed by atoms with Crippen LogP contribution in [-0.2, 0) is 4.74 Å². The molecule has 2 saturated carbocycles. The van der Waals surface area contributed by atoms with Crippen molar-refractivity contribution in [1.82, 2.24) is 10.2 Å². The Morgan fingerprint density at radius 3 is 2.46 bits per heavy atom. The Labute approximate surface area is 164 Å². The van der Waals surface area contributed by atoms with Gasteiger partial charge in [0.1, 0.15) is 0 Å². The molecule has 24 heavy (non-hydrogen) atoms. The number of hydrogen-bond donors (Lipinski definition) is 2. The Bertz CT molecular complexity index is 388. The Kier molecular flexibility index (Phi) is 8.57. The Hall–Kier alpha value is -0.0800. The maximum atomic E-state index is 6.12. The van der Waals surface area contributed by atoms with E-state index in [2.05, 4.69) is 10.2 Å². The summed E-state index contributed by atoms with van der Waals surface area (Å²) in [6.45, 7) is 6.95. The molecule has 3 rings (SSSR count). The van der Waals surface area contributed by atoms with Gasteiger partial charge in [0.2, 0.25) is 0 Å². The number of nitrogens with one attached hydrogen (secondary N) is 1. The molecule has 0 bridgehead atoms. The van der Waals surface area contributed by atoms with Crippen LogP contribution >= 0.6 is 24.0 Å². The van der Waals surface area contributed by atoms with Crippen molar-refractivity contribution in [3.8, 4) is 0 Å². The fourth-order valence-electron chi connectivity index (χ4n) is 4.16. The average molecular weight is 450 g/mol. The van der Waals surface area contributed by atoms with Crippen molar-refractivity contribution >= 4 is 29.9 Å². The van der Waals surface area contributed by atoms with E-state index in [1.807, 2.05) is 0 Å². The van der Waals surface area contributed by atoms with Gasteiger partial charge in [0.05, 0.1) is 13.2 Å². The van der Waals surface area contributed by atoms with Gasteiger partial charge in [-0.3, -0.25) is 9.89 Å². The minimum atomic E-state index is 0. The SMILES string of the molecule is I.NC(=NCC1(CN2CCOCC2)CCCCC1)NCC1CCC1. The molecular weight excluding hydrogens is 415 g/mol. The third-order valence-corrected chi connectivity index (χ3v) is 5.96. The first-order valence-electron chi connectivity index (χ1n) is 9.60. The van der Waals surface area contributed by atoms with Crippen LogP contribution in [-0.4, -0.2) is 56.8 Å². The largest absolute Gasteiger partial charge is 0.379 e. The highest BCUT2D eigenvalue weighted by Crippen LogP contribution is 2.37. The summed E-state index contributed by atoms with van der Waals surface area (Å²) in [5.41, 5.74) is 6.45. The number of aliphatic imine (C=N–C) groups is 1. The fraction of sp³-hybridized carbons (Fsp3) is 0.944. The van der Waals surface area contributed by atoms with E-state index in [1.54, 1.807) is 0 Å². The second-order valence-electron chi connectivity index (χ2n) is 7.83. The zero-order valence-corrected chi connectivity index (χ0v) is 17.3. The van der Waals surface area contributed by atoms with Crippen LogP contribution in [0.5, 0.6) is 0 Å². The second-order valence-corrected chi connectivity index (χ2v) is 7.83. The van der Waals surface area contributed by atoms with Crippen LogP contribution in [0.15, 0.2) is 4.99 Å². The lowest BCUT2D eigenvalue weighted by atomic mass is 9.73. The summed E-state index contributed by atoms with van der Waals surface area (Å²) in [6, 6.07) is 0. The molecule has 0 atom stereocenters. The molecule has 1 aliphatic heterocycles. The van der Waals surface area contributed by atoms with Crippen LogP contribution in [0.1, 0.15) is 51.4 Å². The number of halogens is 1. The number of ether oxygens (including phenoxy) is 1. The van der Waals surface area contributed by atoms with E-state index < -0.39 is 0 Å². The first kappa shape index (κ1) is 20.2. The number of hydrogen-bond acceptors (Lipinski definition) is 3.